The summed E-state index contributed by atoms with van der Waals surface area (Å²) in [5.41, 5.74) is 0. The molecular weight excluding hydrogens is 244 g/mol. The summed E-state index contributed by atoms with van der Waals surface area (Å²) in [5, 5.41) is 10.2. The highest BCUT2D eigenvalue weighted by Gasteiger charge is 2.02. The average Bonchev–Trinajstić information content (AvgIpc) is 2.83. The first-order chi connectivity index (χ1) is 9.28. The first kappa shape index (κ1) is 13.3. The van der Waals surface area contributed by atoms with Gasteiger partial charge in [-0.2, -0.15) is 4.98 Å². The quantitative estimate of drug-likeness (QED) is 0.784. The predicted octanol–water partition coefficient (Wildman–Crippen LogP) is 1.64. The molecule has 2 heterocycles. The molecule has 19 heavy (non-hydrogen) atoms. The summed E-state index contributed by atoms with van der Waals surface area (Å²) >= 11 is 0. The third kappa shape index (κ3) is 4.20. The topological polar surface area (TPSA) is 88.8 Å². The molecule has 2 aromatic heterocycles. The van der Waals surface area contributed by atoms with E-state index in [1.807, 2.05) is 0 Å². The maximum absolute atomic E-state index is 4.90. The lowest BCUT2D eigenvalue weighted by atomic mass is 10.4. The molecule has 0 aliphatic rings. The van der Waals surface area contributed by atoms with Crippen molar-refractivity contribution in [1.29, 1.82) is 0 Å². The first-order valence-corrected chi connectivity index (χ1v) is 6.37. The second-order valence-electron chi connectivity index (χ2n) is 4.12. The minimum atomic E-state index is 0.584. The zero-order valence-electron chi connectivity index (χ0n) is 11.2. The van der Waals surface area contributed by atoms with Gasteiger partial charge in [0.25, 0.3) is 0 Å². The summed E-state index contributed by atoms with van der Waals surface area (Å²) in [6, 6.07) is 0. The number of hydrogen-bond acceptors (Lipinski definition) is 7. The molecule has 2 rings (SSSR count). The van der Waals surface area contributed by atoms with E-state index < -0.39 is 0 Å². The summed E-state index contributed by atoms with van der Waals surface area (Å²) in [6.07, 6.45) is 5.14. The summed E-state index contributed by atoms with van der Waals surface area (Å²) in [4.78, 5) is 12.7. The minimum Gasteiger partial charge on any atom is -0.369 e. The normalized spacial score (nSPS) is 10.4. The largest absolute Gasteiger partial charge is 0.369 e. The summed E-state index contributed by atoms with van der Waals surface area (Å²) in [6.45, 7) is 5.46. The molecule has 0 aliphatic carbocycles. The highest BCUT2D eigenvalue weighted by molar-refractivity contribution is 5.41. The molecule has 7 heteroatoms. The fourth-order valence-corrected chi connectivity index (χ4v) is 1.53. The standard InChI is InChI=1S/C12H18N6O/c1-3-5-14-11-7-13-8-12(17-11)15-6-4-10-16-9(2)19-18-10/h7-8H,3-6H2,1-2H3,(H2,14,15,17). The van der Waals surface area contributed by atoms with E-state index in [2.05, 4.69) is 37.7 Å². The molecule has 2 N–H and O–H groups in total. The molecule has 0 aliphatic heterocycles. The fraction of sp³-hybridized carbons (Fsp3) is 0.500. The molecular formula is C12H18N6O. The maximum atomic E-state index is 4.90. The Morgan fingerprint density at radius 2 is 1.84 bits per heavy atom. The number of aryl methyl sites for hydroxylation is 1. The molecule has 0 radical (unpaired) electrons. The molecule has 2 aromatic rings. The van der Waals surface area contributed by atoms with Crippen LogP contribution in [0.5, 0.6) is 0 Å². The van der Waals surface area contributed by atoms with Gasteiger partial charge in [-0.3, -0.25) is 4.98 Å². The van der Waals surface area contributed by atoms with Gasteiger partial charge in [0.15, 0.2) is 5.82 Å². The van der Waals surface area contributed by atoms with Crippen LogP contribution in [0.4, 0.5) is 11.6 Å². The Morgan fingerprint density at radius 1 is 1.11 bits per heavy atom. The molecule has 0 aromatic carbocycles. The van der Waals surface area contributed by atoms with E-state index in [1.165, 1.54) is 0 Å². The Bertz CT molecular complexity index is 512. The molecule has 0 spiro atoms. The van der Waals surface area contributed by atoms with Gasteiger partial charge in [0.2, 0.25) is 5.89 Å². The van der Waals surface area contributed by atoms with Gasteiger partial charge in [-0.15, -0.1) is 0 Å². The number of aromatic nitrogens is 4. The monoisotopic (exact) mass is 262 g/mol. The van der Waals surface area contributed by atoms with Crippen molar-refractivity contribution in [2.45, 2.75) is 26.7 Å². The highest BCUT2D eigenvalue weighted by atomic mass is 16.5. The van der Waals surface area contributed by atoms with Crippen molar-refractivity contribution in [3.8, 4) is 0 Å². The molecule has 0 saturated heterocycles. The van der Waals surface area contributed by atoms with E-state index in [0.717, 1.165) is 24.6 Å². The lowest BCUT2D eigenvalue weighted by Gasteiger charge is -2.06. The van der Waals surface area contributed by atoms with Crippen molar-refractivity contribution in [3.63, 3.8) is 0 Å². The van der Waals surface area contributed by atoms with Crippen LogP contribution in [0.25, 0.3) is 0 Å². The van der Waals surface area contributed by atoms with Crippen LogP contribution in [-0.4, -0.2) is 33.2 Å². The Kier molecular flexibility index (Phi) is 4.66. The summed E-state index contributed by atoms with van der Waals surface area (Å²) < 4.78 is 4.90. The Labute approximate surface area is 111 Å². The fourth-order valence-electron chi connectivity index (χ4n) is 1.53. The lowest BCUT2D eigenvalue weighted by molar-refractivity contribution is 0.387. The van der Waals surface area contributed by atoms with Crippen LogP contribution in [0.2, 0.25) is 0 Å². The summed E-state index contributed by atoms with van der Waals surface area (Å²) in [7, 11) is 0. The SMILES string of the molecule is CCCNc1cncc(NCCc2noc(C)n2)n1. The van der Waals surface area contributed by atoms with Gasteiger partial charge in [-0.25, -0.2) is 4.98 Å². The van der Waals surface area contributed by atoms with Gasteiger partial charge in [0, 0.05) is 26.4 Å². The van der Waals surface area contributed by atoms with E-state index in [4.69, 9.17) is 4.52 Å². The van der Waals surface area contributed by atoms with Crippen LogP contribution in [0.3, 0.4) is 0 Å². The number of nitrogens with one attached hydrogen (secondary N) is 2. The van der Waals surface area contributed by atoms with Crippen molar-refractivity contribution >= 4 is 11.6 Å². The van der Waals surface area contributed by atoms with Crippen molar-refractivity contribution in [1.82, 2.24) is 20.1 Å². The van der Waals surface area contributed by atoms with Crippen LogP contribution >= 0.6 is 0 Å². The third-order valence-electron chi connectivity index (χ3n) is 2.42. The molecule has 0 amide bonds. The second kappa shape index (κ2) is 6.67. The van der Waals surface area contributed by atoms with Crippen LogP contribution in [0.1, 0.15) is 25.1 Å². The van der Waals surface area contributed by atoms with Gasteiger partial charge >= 0.3 is 0 Å². The van der Waals surface area contributed by atoms with Crippen molar-refractivity contribution in [3.05, 3.63) is 24.1 Å². The van der Waals surface area contributed by atoms with Gasteiger partial charge in [-0.05, 0) is 6.42 Å². The zero-order valence-corrected chi connectivity index (χ0v) is 11.2. The number of hydrogen-bond donors (Lipinski definition) is 2. The Morgan fingerprint density at radius 3 is 2.47 bits per heavy atom. The van der Waals surface area contributed by atoms with Crippen molar-refractivity contribution < 1.29 is 4.52 Å². The van der Waals surface area contributed by atoms with Gasteiger partial charge < -0.3 is 15.2 Å². The molecule has 0 fully saturated rings. The summed E-state index contributed by atoms with van der Waals surface area (Å²) in [5.74, 6) is 2.79. The first-order valence-electron chi connectivity index (χ1n) is 6.37. The molecule has 7 nitrogen and oxygen atoms in total. The van der Waals surface area contributed by atoms with E-state index in [1.54, 1.807) is 19.3 Å². The van der Waals surface area contributed by atoms with Crippen molar-refractivity contribution in [2.75, 3.05) is 23.7 Å². The van der Waals surface area contributed by atoms with Crippen molar-refractivity contribution in [2.24, 2.45) is 0 Å². The number of anilines is 2. The zero-order chi connectivity index (χ0) is 13.5. The molecule has 0 bridgehead atoms. The number of nitrogens with zero attached hydrogens (tertiary/aromatic N) is 4. The molecule has 0 saturated carbocycles. The van der Waals surface area contributed by atoms with Crippen LogP contribution in [0, 0.1) is 6.92 Å². The lowest BCUT2D eigenvalue weighted by Crippen LogP contribution is -2.09. The average molecular weight is 262 g/mol. The minimum absolute atomic E-state index is 0.584. The van der Waals surface area contributed by atoms with Crippen LogP contribution < -0.4 is 10.6 Å². The second-order valence-corrected chi connectivity index (χ2v) is 4.12. The third-order valence-corrected chi connectivity index (χ3v) is 2.42. The Hall–Kier alpha value is -2.18. The molecule has 102 valence electrons. The molecule has 0 atom stereocenters. The smallest absolute Gasteiger partial charge is 0.223 e. The Balaban J connectivity index is 1.82. The maximum Gasteiger partial charge on any atom is 0.223 e. The van der Waals surface area contributed by atoms with Gasteiger partial charge in [0.05, 0.1) is 12.4 Å². The highest BCUT2D eigenvalue weighted by Crippen LogP contribution is 2.06. The predicted molar refractivity (Wildman–Crippen MR) is 72.0 cm³/mol. The van der Waals surface area contributed by atoms with Gasteiger partial charge in [0.1, 0.15) is 11.6 Å². The number of rotatable bonds is 7. The van der Waals surface area contributed by atoms with E-state index in [0.29, 0.717) is 24.7 Å². The van der Waals surface area contributed by atoms with E-state index >= 15 is 0 Å². The van der Waals surface area contributed by atoms with Crippen LogP contribution in [0.15, 0.2) is 16.9 Å². The van der Waals surface area contributed by atoms with Gasteiger partial charge in [-0.1, -0.05) is 12.1 Å². The molecule has 0 unspecified atom stereocenters. The van der Waals surface area contributed by atoms with E-state index in [-0.39, 0.29) is 0 Å². The van der Waals surface area contributed by atoms with E-state index in [9.17, 15) is 0 Å². The van der Waals surface area contributed by atoms with Crippen LogP contribution in [-0.2, 0) is 6.42 Å².